The predicted octanol–water partition coefficient (Wildman–Crippen LogP) is 7.14. The molecule has 0 spiro atoms. The number of aliphatic hydroxyl groups excluding tert-OH is 1. The molecule has 80 heavy (non-hydrogen) atoms. The molecule has 3 N–H and O–H groups in total. The Bertz CT molecular complexity index is 3110. The number of likely N-dealkylation sites (tertiary alicyclic amines) is 2. The molecule has 4 aliphatic heterocycles. The molecule has 2 aromatic heterocycles. The summed E-state index contributed by atoms with van der Waals surface area (Å²) in [6.45, 7) is 15.5. The highest BCUT2D eigenvalue weighted by Gasteiger charge is 2.45. The zero-order chi connectivity index (χ0) is 56.7. The van der Waals surface area contributed by atoms with Crippen LogP contribution in [0.3, 0.4) is 0 Å². The molecule has 5 atom stereocenters. The zero-order valence-electron chi connectivity index (χ0n) is 46.0. The lowest BCUT2D eigenvalue weighted by molar-refractivity contribution is -0.144. The maximum Gasteiger partial charge on any atom is 0.318 e. The zero-order valence-corrected chi connectivity index (χ0v) is 47.5. The summed E-state index contributed by atoms with van der Waals surface area (Å²) in [4.78, 5) is 78.9. The van der Waals surface area contributed by atoms with E-state index in [9.17, 15) is 33.9 Å². The number of hydrogen-bond donors (Lipinski definition) is 3. The first-order chi connectivity index (χ1) is 38.5. The van der Waals surface area contributed by atoms with Crippen molar-refractivity contribution in [3.8, 4) is 22.5 Å². The number of aryl methyl sites for hydroxylation is 1. The molecule has 21 heteroatoms. The fraction of sp³-hybridized carbons (Fsp3) is 0.492. The van der Waals surface area contributed by atoms with Gasteiger partial charge in [-0.25, -0.2) is 9.37 Å². The number of ether oxygens (including phenoxy) is 2. The molecule has 0 bridgehead atoms. The van der Waals surface area contributed by atoms with E-state index in [0.717, 1.165) is 75.3 Å². The quantitative estimate of drug-likeness (QED) is 0.0523. The van der Waals surface area contributed by atoms with Crippen molar-refractivity contribution in [3.05, 3.63) is 106 Å². The molecule has 3 aromatic carbocycles. The molecular formula is C59H71ClFN11O7S. The van der Waals surface area contributed by atoms with Crippen LogP contribution in [0.5, 0.6) is 6.01 Å². The Morgan fingerprint density at radius 3 is 2.51 bits per heavy atom. The van der Waals surface area contributed by atoms with Gasteiger partial charge < -0.3 is 44.8 Å². The van der Waals surface area contributed by atoms with Gasteiger partial charge in [0.25, 0.3) is 5.91 Å². The third-order valence-electron chi connectivity index (χ3n) is 15.6. The molecule has 0 unspecified atom stereocenters. The third-order valence-corrected chi connectivity index (χ3v) is 16.9. The van der Waals surface area contributed by atoms with E-state index in [4.69, 9.17) is 31.0 Å². The van der Waals surface area contributed by atoms with Gasteiger partial charge in [0, 0.05) is 87.9 Å². The van der Waals surface area contributed by atoms with Crippen LogP contribution in [-0.4, -0.2) is 154 Å². The molecule has 3 saturated heterocycles. The van der Waals surface area contributed by atoms with Crippen molar-refractivity contribution in [1.82, 2.24) is 40.3 Å². The van der Waals surface area contributed by atoms with Crippen LogP contribution in [0.4, 0.5) is 15.9 Å². The van der Waals surface area contributed by atoms with E-state index in [-0.39, 0.29) is 75.9 Å². The average Bonchev–Trinajstić information content (AvgIpc) is 4.28. The van der Waals surface area contributed by atoms with E-state index in [1.165, 1.54) is 9.80 Å². The predicted molar refractivity (Wildman–Crippen MR) is 306 cm³/mol. The first-order valence-electron chi connectivity index (χ1n) is 27.6. The number of hydrogen-bond acceptors (Lipinski definition) is 15. The van der Waals surface area contributed by atoms with E-state index in [0.29, 0.717) is 56.5 Å². The van der Waals surface area contributed by atoms with Crippen molar-refractivity contribution < 1.29 is 38.1 Å². The van der Waals surface area contributed by atoms with Gasteiger partial charge in [0.2, 0.25) is 17.7 Å². The van der Waals surface area contributed by atoms with Gasteiger partial charge >= 0.3 is 6.01 Å². The molecule has 4 amide bonds. The SMILES string of the molecule is C=C(F)C(=O)N1CCN(c2nc(OC[C@@H]3CCCN3CCCOCCC(=O)N[C@H](C(=O)N3C[C@@H](O)C[C@H]3C(=O)NCc3ccc(-c4scnc4C)cc3)C(C)(C)C)nc3c2CCN(c2cccc4cccc(Cl)c24)C3)C[C@@H]1CC#N. The lowest BCUT2D eigenvalue weighted by Crippen LogP contribution is -2.57. The Morgan fingerprint density at radius 2 is 1.77 bits per heavy atom. The number of halogens is 2. The number of benzene rings is 3. The molecule has 0 saturated carbocycles. The molecule has 0 aliphatic carbocycles. The minimum absolute atomic E-state index is 0.0172. The summed E-state index contributed by atoms with van der Waals surface area (Å²) >= 11 is 8.36. The number of fused-ring (bicyclic) bond motifs is 2. The summed E-state index contributed by atoms with van der Waals surface area (Å²) in [5.74, 6) is -2.33. The van der Waals surface area contributed by atoms with Gasteiger partial charge in [-0.3, -0.25) is 24.1 Å². The number of carbonyl (C=O) groups excluding carboxylic acids is 4. The van der Waals surface area contributed by atoms with Crippen molar-refractivity contribution in [2.45, 2.75) is 116 Å². The molecule has 0 radical (unpaired) electrons. The number of piperazine rings is 1. The monoisotopic (exact) mass is 1130 g/mol. The van der Waals surface area contributed by atoms with Crippen LogP contribution in [-0.2, 0) is 43.4 Å². The topological polar surface area (TPSA) is 210 Å². The fourth-order valence-corrected chi connectivity index (χ4v) is 12.5. The first kappa shape index (κ1) is 57.9. The summed E-state index contributed by atoms with van der Waals surface area (Å²) < 4.78 is 26.6. The molecule has 9 rings (SSSR count). The van der Waals surface area contributed by atoms with Gasteiger partial charge in [-0.05, 0) is 73.2 Å². The maximum absolute atomic E-state index is 14.2. The number of thiazole rings is 1. The van der Waals surface area contributed by atoms with E-state index < -0.39 is 47.3 Å². The molecule has 4 aliphatic rings. The minimum Gasteiger partial charge on any atom is -0.462 e. The largest absolute Gasteiger partial charge is 0.462 e. The van der Waals surface area contributed by atoms with Crippen LogP contribution < -0.4 is 25.2 Å². The third kappa shape index (κ3) is 13.5. The first-order valence-corrected chi connectivity index (χ1v) is 28.8. The molecule has 424 valence electrons. The van der Waals surface area contributed by atoms with Crippen LogP contribution in [0.2, 0.25) is 5.02 Å². The molecular weight excluding hydrogens is 1060 g/mol. The summed E-state index contributed by atoms with van der Waals surface area (Å²) in [5.41, 5.74) is 6.77. The molecule has 3 fully saturated rings. The van der Waals surface area contributed by atoms with Crippen LogP contribution in [0, 0.1) is 23.7 Å². The lowest BCUT2D eigenvalue weighted by atomic mass is 9.85. The van der Waals surface area contributed by atoms with Crippen LogP contribution >= 0.6 is 22.9 Å². The molecule has 5 aromatic rings. The van der Waals surface area contributed by atoms with E-state index in [2.05, 4.69) is 49.0 Å². The van der Waals surface area contributed by atoms with Gasteiger partial charge in [-0.1, -0.05) is 87.5 Å². The standard InChI is InChI=1S/C59H71ClFN11O7S/c1-37(61)56(76)71-27-26-70(32-42(71)19-22-62)54-45-20-25-69(48-14-7-11-40-10-6-13-46(60)51(40)48)34-47(45)65-58(67-54)79-35-43-12-8-23-68(43)24-9-28-78-29-21-50(74)66-53(59(3,4)5)57(77)72-33-44(73)30-49(72)55(75)63-31-39-15-17-41(18-16-39)52-38(2)64-36-80-52/h6-7,10-11,13-18,36,42-44,49,53,73H,1,8-9,12,19-21,23-35H2,2-5H3,(H,63,75)(H,66,74)/t42-,43-,44-,49-,53+/m0/s1. The number of aliphatic hydroxyl groups is 1. The Balaban J connectivity index is 0.772. The molecule has 18 nitrogen and oxygen atoms in total. The Hall–Kier alpha value is -6.76. The van der Waals surface area contributed by atoms with Crippen molar-refractivity contribution >= 4 is 68.8 Å². The second-order valence-electron chi connectivity index (χ2n) is 22.2. The number of carbonyl (C=O) groups is 4. The second kappa shape index (κ2) is 25.8. The minimum atomic E-state index is -1.06. The molecule has 6 heterocycles. The van der Waals surface area contributed by atoms with Gasteiger partial charge in [0.05, 0.1) is 64.6 Å². The summed E-state index contributed by atoms with van der Waals surface area (Å²) in [5, 5.41) is 28.9. The number of β-amino-alcohol motifs (C(OH)–C–C–N with tert-alkyl or cyclic N) is 1. The highest BCUT2D eigenvalue weighted by Crippen LogP contribution is 2.38. The van der Waals surface area contributed by atoms with Crippen molar-refractivity contribution in [2.75, 3.05) is 75.4 Å². The smallest absolute Gasteiger partial charge is 0.318 e. The van der Waals surface area contributed by atoms with Gasteiger partial charge in [-0.2, -0.15) is 15.2 Å². The van der Waals surface area contributed by atoms with Crippen LogP contribution in [0.15, 0.2) is 78.6 Å². The van der Waals surface area contributed by atoms with E-state index >= 15 is 0 Å². The number of anilines is 2. The van der Waals surface area contributed by atoms with Crippen molar-refractivity contribution in [1.29, 1.82) is 5.26 Å². The van der Waals surface area contributed by atoms with Gasteiger partial charge in [0.1, 0.15) is 24.5 Å². The van der Waals surface area contributed by atoms with Crippen LogP contribution in [0.25, 0.3) is 21.2 Å². The highest BCUT2D eigenvalue weighted by molar-refractivity contribution is 7.13. The Kier molecular flexibility index (Phi) is 18.7. The summed E-state index contributed by atoms with van der Waals surface area (Å²) in [6, 6.07) is 20.0. The highest BCUT2D eigenvalue weighted by atomic mass is 35.5. The average molecular weight is 1130 g/mol. The van der Waals surface area contributed by atoms with Crippen LogP contribution in [0.1, 0.15) is 81.8 Å². The Morgan fingerprint density at radius 1 is 0.988 bits per heavy atom. The lowest BCUT2D eigenvalue weighted by Gasteiger charge is -2.42. The number of aromatic nitrogens is 3. The van der Waals surface area contributed by atoms with Gasteiger partial charge in [0.15, 0.2) is 5.83 Å². The van der Waals surface area contributed by atoms with Gasteiger partial charge in [-0.15, -0.1) is 11.3 Å². The second-order valence-corrected chi connectivity index (χ2v) is 23.5. The normalized spacial score (nSPS) is 19.9. The number of nitrogens with zero attached hydrogens (tertiary/aromatic N) is 9. The number of rotatable bonds is 20. The fourth-order valence-electron chi connectivity index (χ4n) is 11.4. The number of nitrogens with one attached hydrogen (secondary N) is 2. The summed E-state index contributed by atoms with van der Waals surface area (Å²) in [7, 11) is 0. The maximum atomic E-state index is 14.2. The number of amides is 4. The summed E-state index contributed by atoms with van der Waals surface area (Å²) in [6.07, 6.45) is 2.49. The van der Waals surface area contributed by atoms with Crippen molar-refractivity contribution in [3.63, 3.8) is 0 Å². The van der Waals surface area contributed by atoms with E-state index in [1.54, 1.807) is 11.3 Å². The number of nitriles is 1. The Labute approximate surface area is 475 Å². The van der Waals surface area contributed by atoms with Crippen molar-refractivity contribution in [2.24, 2.45) is 5.41 Å². The van der Waals surface area contributed by atoms with E-state index in [1.807, 2.05) is 87.8 Å².